The van der Waals surface area contributed by atoms with E-state index in [1.807, 2.05) is 12.1 Å². The Labute approximate surface area is 113 Å². The maximum atomic E-state index is 5.87. The lowest BCUT2D eigenvalue weighted by Gasteiger charge is -2.23. The number of benzene rings is 1. The van der Waals surface area contributed by atoms with E-state index in [4.69, 9.17) is 15.2 Å². The number of imidazole rings is 1. The van der Waals surface area contributed by atoms with Crippen LogP contribution in [0.15, 0.2) is 12.1 Å². The van der Waals surface area contributed by atoms with E-state index in [1.54, 1.807) is 14.2 Å². The molecular weight excluding hydrogens is 242 g/mol. The molecule has 1 heterocycles. The molecule has 5 heteroatoms. The molecule has 0 fully saturated rings. The highest BCUT2D eigenvalue weighted by Gasteiger charge is 2.26. The Morgan fingerprint density at radius 1 is 1.26 bits per heavy atom. The highest BCUT2D eigenvalue weighted by molar-refractivity contribution is 5.80. The molecule has 0 bridgehead atoms. The number of rotatable bonds is 5. The van der Waals surface area contributed by atoms with E-state index in [1.165, 1.54) is 0 Å². The average Bonchev–Trinajstić information content (AvgIpc) is 2.87. The van der Waals surface area contributed by atoms with Crippen LogP contribution in [0.3, 0.4) is 0 Å². The highest BCUT2D eigenvalue weighted by atomic mass is 16.5. The number of hydrogen-bond acceptors (Lipinski definition) is 4. The standard InChI is InChI=1S/C14H21N3O2/c1-5-14(2,8-15)13-16-9-6-11(18-3)12(19-4)7-10(9)17-13/h6-7H,5,8,15H2,1-4H3,(H,16,17). The summed E-state index contributed by atoms with van der Waals surface area (Å²) in [5.41, 5.74) is 7.53. The van der Waals surface area contributed by atoms with E-state index in [9.17, 15) is 0 Å². The number of hydrogen-bond donors (Lipinski definition) is 2. The predicted molar refractivity (Wildman–Crippen MR) is 75.9 cm³/mol. The van der Waals surface area contributed by atoms with E-state index >= 15 is 0 Å². The van der Waals surface area contributed by atoms with Crippen molar-refractivity contribution in [2.24, 2.45) is 5.73 Å². The molecule has 0 aliphatic rings. The second-order valence-corrected chi connectivity index (χ2v) is 4.93. The number of ether oxygens (including phenoxy) is 2. The second kappa shape index (κ2) is 5.09. The summed E-state index contributed by atoms with van der Waals surface area (Å²) in [6.07, 6.45) is 0.928. The quantitative estimate of drug-likeness (QED) is 0.867. The number of aromatic nitrogens is 2. The Hall–Kier alpha value is -1.75. The van der Waals surface area contributed by atoms with Crippen LogP contribution >= 0.6 is 0 Å². The van der Waals surface area contributed by atoms with E-state index < -0.39 is 0 Å². The van der Waals surface area contributed by atoms with Crippen molar-refractivity contribution >= 4 is 11.0 Å². The predicted octanol–water partition coefficient (Wildman–Crippen LogP) is 2.21. The summed E-state index contributed by atoms with van der Waals surface area (Å²) in [7, 11) is 3.24. The van der Waals surface area contributed by atoms with Crippen LogP contribution < -0.4 is 15.2 Å². The molecule has 104 valence electrons. The Balaban J connectivity index is 2.57. The van der Waals surface area contributed by atoms with Crippen LogP contribution in [-0.2, 0) is 5.41 Å². The van der Waals surface area contributed by atoms with Gasteiger partial charge in [-0.15, -0.1) is 0 Å². The molecule has 1 aromatic carbocycles. The van der Waals surface area contributed by atoms with Crippen LogP contribution in [0.2, 0.25) is 0 Å². The molecule has 5 nitrogen and oxygen atoms in total. The molecule has 3 N–H and O–H groups in total. The molecule has 0 radical (unpaired) electrons. The van der Waals surface area contributed by atoms with Gasteiger partial charge in [0.2, 0.25) is 0 Å². The van der Waals surface area contributed by atoms with Gasteiger partial charge < -0.3 is 20.2 Å². The molecule has 0 aliphatic carbocycles. The van der Waals surface area contributed by atoms with Gasteiger partial charge >= 0.3 is 0 Å². The van der Waals surface area contributed by atoms with Crippen molar-refractivity contribution in [3.05, 3.63) is 18.0 Å². The smallest absolute Gasteiger partial charge is 0.163 e. The van der Waals surface area contributed by atoms with Gasteiger partial charge in [0.05, 0.1) is 25.3 Å². The summed E-state index contributed by atoms with van der Waals surface area (Å²) in [6, 6.07) is 3.78. The molecule has 0 saturated heterocycles. The molecule has 1 unspecified atom stereocenters. The summed E-state index contributed by atoms with van der Waals surface area (Å²) in [6.45, 7) is 4.78. The van der Waals surface area contributed by atoms with Gasteiger partial charge in [0.25, 0.3) is 0 Å². The van der Waals surface area contributed by atoms with E-state index in [2.05, 4.69) is 23.8 Å². The first kappa shape index (κ1) is 13.7. The third-order valence-electron chi connectivity index (χ3n) is 3.79. The van der Waals surface area contributed by atoms with E-state index in [0.717, 1.165) is 23.3 Å². The van der Waals surface area contributed by atoms with Gasteiger partial charge in [-0.3, -0.25) is 0 Å². The fourth-order valence-electron chi connectivity index (χ4n) is 2.03. The zero-order valence-electron chi connectivity index (χ0n) is 11.9. The van der Waals surface area contributed by atoms with E-state index in [0.29, 0.717) is 18.0 Å². The van der Waals surface area contributed by atoms with Crippen molar-refractivity contribution in [2.45, 2.75) is 25.7 Å². The molecule has 0 saturated carbocycles. The number of fused-ring (bicyclic) bond motifs is 1. The summed E-state index contributed by atoms with van der Waals surface area (Å²) in [4.78, 5) is 7.98. The van der Waals surface area contributed by atoms with Crippen LogP contribution in [0.5, 0.6) is 11.5 Å². The number of H-pyrrole nitrogens is 1. The maximum Gasteiger partial charge on any atom is 0.163 e. The zero-order chi connectivity index (χ0) is 14.0. The second-order valence-electron chi connectivity index (χ2n) is 4.93. The van der Waals surface area contributed by atoms with Crippen LogP contribution in [0.25, 0.3) is 11.0 Å². The Morgan fingerprint density at radius 3 is 2.42 bits per heavy atom. The topological polar surface area (TPSA) is 73.2 Å². The van der Waals surface area contributed by atoms with Crippen molar-refractivity contribution in [2.75, 3.05) is 20.8 Å². The number of methoxy groups -OCH3 is 2. The lowest BCUT2D eigenvalue weighted by Crippen LogP contribution is -2.32. The Bertz CT molecular complexity index is 532. The number of aromatic amines is 1. The van der Waals surface area contributed by atoms with Crippen molar-refractivity contribution in [3.8, 4) is 11.5 Å². The molecule has 0 amide bonds. The molecular formula is C14H21N3O2. The Morgan fingerprint density at radius 2 is 1.89 bits per heavy atom. The first-order chi connectivity index (χ1) is 9.07. The zero-order valence-corrected chi connectivity index (χ0v) is 11.9. The molecule has 1 aromatic heterocycles. The summed E-state index contributed by atoms with van der Waals surface area (Å²) in [5.74, 6) is 2.28. The number of nitrogens with one attached hydrogen (secondary N) is 1. The van der Waals surface area contributed by atoms with Crippen molar-refractivity contribution in [3.63, 3.8) is 0 Å². The van der Waals surface area contributed by atoms with Crippen LogP contribution in [0, 0.1) is 0 Å². The molecule has 0 spiro atoms. The molecule has 19 heavy (non-hydrogen) atoms. The van der Waals surface area contributed by atoms with Crippen molar-refractivity contribution < 1.29 is 9.47 Å². The normalized spacial score (nSPS) is 14.4. The maximum absolute atomic E-state index is 5.87. The van der Waals surface area contributed by atoms with Crippen LogP contribution in [-0.4, -0.2) is 30.7 Å². The monoisotopic (exact) mass is 263 g/mol. The molecule has 2 rings (SSSR count). The van der Waals surface area contributed by atoms with Crippen molar-refractivity contribution in [1.82, 2.24) is 9.97 Å². The van der Waals surface area contributed by atoms with E-state index in [-0.39, 0.29) is 5.41 Å². The first-order valence-electron chi connectivity index (χ1n) is 6.40. The van der Waals surface area contributed by atoms with Gasteiger partial charge in [-0.2, -0.15) is 0 Å². The lowest BCUT2D eigenvalue weighted by molar-refractivity contribution is 0.356. The van der Waals surface area contributed by atoms with Gasteiger partial charge in [0, 0.05) is 24.1 Å². The van der Waals surface area contributed by atoms with Gasteiger partial charge in [-0.1, -0.05) is 13.8 Å². The third-order valence-corrected chi connectivity index (χ3v) is 3.79. The number of nitrogens with zero attached hydrogens (tertiary/aromatic N) is 1. The van der Waals surface area contributed by atoms with Gasteiger partial charge in [0.1, 0.15) is 5.82 Å². The van der Waals surface area contributed by atoms with Crippen LogP contribution in [0.4, 0.5) is 0 Å². The Kier molecular flexibility index (Phi) is 3.66. The minimum Gasteiger partial charge on any atom is -0.493 e. The van der Waals surface area contributed by atoms with Gasteiger partial charge in [0.15, 0.2) is 11.5 Å². The molecule has 2 aromatic rings. The summed E-state index contributed by atoms with van der Waals surface area (Å²) in [5, 5.41) is 0. The third kappa shape index (κ3) is 2.26. The highest BCUT2D eigenvalue weighted by Crippen LogP contribution is 2.33. The summed E-state index contributed by atoms with van der Waals surface area (Å²) < 4.78 is 10.6. The number of nitrogens with two attached hydrogens (primary N) is 1. The lowest BCUT2D eigenvalue weighted by atomic mass is 9.87. The summed E-state index contributed by atoms with van der Waals surface area (Å²) >= 11 is 0. The van der Waals surface area contributed by atoms with Gasteiger partial charge in [-0.25, -0.2) is 4.98 Å². The molecule has 0 aliphatic heterocycles. The molecule has 1 atom stereocenters. The minimum absolute atomic E-state index is 0.139. The van der Waals surface area contributed by atoms with Crippen LogP contribution in [0.1, 0.15) is 26.1 Å². The average molecular weight is 263 g/mol. The largest absolute Gasteiger partial charge is 0.493 e. The minimum atomic E-state index is -0.139. The van der Waals surface area contributed by atoms with Gasteiger partial charge in [-0.05, 0) is 6.42 Å². The fraction of sp³-hybridized carbons (Fsp3) is 0.500. The van der Waals surface area contributed by atoms with Crippen molar-refractivity contribution in [1.29, 1.82) is 0 Å². The fourth-order valence-corrected chi connectivity index (χ4v) is 2.03. The SMILES string of the molecule is CCC(C)(CN)c1nc2cc(OC)c(OC)cc2[nH]1. The first-order valence-corrected chi connectivity index (χ1v) is 6.40.